The van der Waals surface area contributed by atoms with Crippen molar-refractivity contribution in [2.75, 3.05) is 11.1 Å². The van der Waals surface area contributed by atoms with E-state index in [1.54, 1.807) is 23.7 Å². The van der Waals surface area contributed by atoms with E-state index in [1.807, 2.05) is 12.1 Å². The number of benzene rings is 2. The third-order valence-electron chi connectivity index (χ3n) is 4.03. The molecule has 0 saturated heterocycles. The van der Waals surface area contributed by atoms with Crippen LogP contribution in [0.2, 0.25) is 0 Å². The Morgan fingerprint density at radius 1 is 1.10 bits per heavy atom. The molecule has 1 N–H and O–H groups in total. The number of nitro benzene ring substituents is 1. The summed E-state index contributed by atoms with van der Waals surface area (Å²) in [7, 11) is 1.80. The third kappa shape index (κ3) is 4.85. The molecule has 148 valence electrons. The molecule has 0 aliphatic carbocycles. The Morgan fingerprint density at radius 3 is 2.34 bits per heavy atom. The number of nitrogens with zero attached hydrogens (tertiary/aromatic N) is 4. The highest BCUT2D eigenvalue weighted by atomic mass is 32.2. The summed E-state index contributed by atoms with van der Waals surface area (Å²) in [5, 5.41) is 22.3. The Balaban J connectivity index is 1.67. The molecule has 3 rings (SSSR count). The van der Waals surface area contributed by atoms with Crippen LogP contribution in [-0.2, 0) is 11.8 Å². The van der Waals surface area contributed by atoms with Gasteiger partial charge in [0.2, 0.25) is 5.91 Å². The predicted octanol–water partition coefficient (Wildman–Crippen LogP) is 3.32. The lowest BCUT2D eigenvalue weighted by Gasteiger charge is -2.06. The van der Waals surface area contributed by atoms with Gasteiger partial charge in [0, 0.05) is 42.9 Å². The number of rotatable bonds is 7. The van der Waals surface area contributed by atoms with E-state index in [0.29, 0.717) is 22.2 Å². The molecule has 9 nitrogen and oxygen atoms in total. The van der Waals surface area contributed by atoms with Gasteiger partial charge in [-0.15, -0.1) is 10.2 Å². The SMILES string of the molecule is CC(=O)Nc1ccc(-c2nnc(SCC(=O)c3ccc([N+](=O)[O-])cc3)n2C)cc1. The van der Waals surface area contributed by atoms with Crippen molar-refractivity contribution in [3.63, 3.8) is 0 Å². The van der Waals surface area contributed by atoms with Gasteiger partial charge in [0.1, 0.15) is 0 Å². The van der Waals surface area contributed by atoms with Crippen LogP contribution in [0.5, 0.6) is 0 Å². The molecule has 2 aromatic carbocycles. The minimum atomic E-state index is -0.507. The molecule has 0 unspecified atom stereocenters. The van der Waals surface area contributed by atoms with E-state index in [-0.39, 0.29) is 23.1 Å². The Kier molecular flexibility index (Phi) is 6.03. The molecule has 0 aliphatic heterocycles. The summed E-state index contributed by atoms with van der Waals surface area (Å²) in [4.78, 5) is 33.6. The first-order chi connectivity index (χ1) is 13.8. The second-order valence-electron chi connectivity index (χ2n) is 6.14. The number of thioether (sulfide) groups is 1. The third-order valence-corrected chi connectivity index (χ3v) is 5.05. The molecule has 1 heterocycles. The van der Waals surface area contributed by atoms with E-state index in [1.165, 1.54) is 43.0 Å². The van der Waals surface area contributed by atoms with Crippen molar-refractivity contribution >= 4 is 34.8 Å². The van der Waals surface area contributed by atoms with Gasteiger partial charge in [-0.2, -0.15) is 0 Å². The van der Waals surface area contributed by atoms with E-state index in [4.69, 9.17) is 0 Å². The number of hydrogen-bond donors (Lipinski definition) is 1. The van der Waals surface area contributed by atoms with Gasteiger partial charge in [-0.3, -0.25) is 19.7 Å². The first-order valence-electron chi connectivity index (χ1n) is 8.53. The molecule has 1 amide bonds. The number of carbonyl (C=O) groups excluding carboxylic acids is 2. The van der Waals surface area contributed by atoms with E-state index < -0.39 is 4.92 Å². The number of nitrogens with one attached hydrogen (secondary N) is 1. The number of hydrogen-bond acceptors (Lipinski definition) is 7. The van der Waals surface area contributed by atoms with Crippen LogP contribution in [0.25, 0.3) is 11.4 Å². The van der Waals surface area contributed by atoms with Crippen LogP contribution < -0.4 is 5.32 Å². The van der Waals surface area contributed by atoms with E-state index in [9.17, 15) is 19.7 Å². The van der Waals surface area contributed by atoms with Crippen molar-refractivity contribution in [1.29, 1.82) is 0 Å². The van der Waals surface area contributed by atoms with Crippen LogP contribution in [0, 0.1) is 10.1 Å². The quantitative estimate of drug-likeness (QED) is 0.274. The number of Topliss-reactive ketones (excluding diaryl/α,β-unsaturated/α-hetero) is 1. The number of nitro groups is 1. The highest BCUT2D eigenvalue weighted by molar-refractivity contribution is 7.99. The predicted molar refractivity (Wildman–Crippen MR) is 109 cm³/mol. The topological polar surface area (TPSA) is 120 Å². The van der Waals surface area contributed by atoms with Gasteiger partial charge in [-0.05, 0) is 36.4 Å². The van der Waals surface area contributed by atoms with Crippen LogP contribution in [0.15, 0.2) is 53.7 Å². The van der Waals surface area contributed by atoms with Crippen LogP contribution in [0.4, 0.5) is 11.4 Å². The van der Waals surface area contributed by atoms with Crippen molar-refractivity contribution < 1.29 is 14.5 Å². The summed E-state index contributed by atoms with van der Waals surface area (Å²) >= 11 is 1.24. The van der Waals surface area contributed by atoms with Crippen molar-refractivity contribution in [2.24, 2.45) is 7.05 Å². The number of amides is 1. The maximum absolute atomic E-state index is 12.3. The van der Waals surface area contributed by atoms with Crippen molar-refractivity contribution in [3.8, 4) is 11.4 Å². The maximum atomic E-state index is 12.3. The smallest absolute Gasteiger partial charge is 0.269 e. The molecule has 1 aromatic heterocycles. The van der Waals surface area contributed by atoms with Gasteiger partial charge in [-0.25, -0.2) is 0 Å². The summed E-state index contributed by atoms with van der Waals surface area (Å²) in [6.45, 7) is 1.44. The monoisotopic (exact) mass is 411 g/mol. The molecule has 0 saturated carbocycles. The van der Waals surface area contributed by atoms with E-state index >= 15 is 0 Å². The molecular weight excluding hydrogens is 394 g/mol. The van der Waals surface area contributed by atoms with Crippen LogP contribution in [0.1, 0.15) is 17.3 Å². The molecule has 0 bridgehead atoms. The van der Waals surface area contributed by atoms with E-state index in [2.05, 4.69) is 15.5 Å². The fourth-order valence-electron chi connectivity index (χ4n) is 2.58. The lowest BCUT2D eigenvalue weighted by atomic mass is 10.1. The normalized spacial score (nSPS) is 10.6. The molecule has 29 heavy (non-hydrogen) atoms. The van der Waals surface area contributed by atoms with Gasteiger partial charge in [0.25, 0.3) is 5.69 Å². The van der Waals surface area contributed by atoms with Crippen LogP contribution in [-0.4, -0.2) is 37.1 Å². The average Bonchev–Trinajstić information content (AvgIpc) is 3.07. The summed E-state index contributed by atoms with van der Waals surface area (Å²) in [6, 6.07) is 12.7. The zero-order chi connectivity index (χ0) is 21.0. The molecule has 10 heteroatoms. The fourth-order valence-corrected chi connectivity index (χ4v) is 3.39. The number of anilines is 1. The second kappa shape index (κ2) is 8.65. The standard InChI is InChI=1S/C19H17N5O4S/c1-12(25)20-15-7-3-14(4-8-15)18-21-22-19(23(18)2)29-11-17(26)13-5-9-16(10-6-13)24(27)28/h3-10H,11H2,1-2H3,(H,20,25). The Labute approximate surface area is 170 Å². The molecular formula is C19H17N5O4S. The Hall–Kier alpha value is -3.53. The number of non-ortho nitro benzene ring substituents is 1. The minimum absolute atomic E-state index is 0.0586. The van der Waals surface area contributed by atoms with Crippen LogP contribution >= 0.6 is 11.8 Å². The fraction of sp³-hybridized carbons (Fsp3) is 0.158. The second-order valence-corrected chi connectivity index (χ2v) is 7.08. The van der Waals surface area contributed by atoms with Crippen molar-refractivity contribution in [3.05, 3.63) is 64.2 Å². The highest BCUT2D eigenvalue weighted by Gasteiger charge is 2.15. The lowest BCUT2D eigenvalue weighted by Crippen LogP contribution is -2.05. The molecule has 0 fully saturated rings. The molecule has 0 radical (unpaired) electrons. The summed E-state index contributed by atoms with van der Waals surface area (Å²) in [6.07, 6.45) is 0. The first-order valence-corrected chi connectivity index (χ1v) is 9.51. The molecule has 0 atom stereocenters. The number of aromatic nitrogens is 3. The summed E-state index contributed by atoms with van der Waals surface area (Å²) in [5.41, 5.74) is 1.85. The Morgan fingerprint density at radius 2 is 1.76 bits per heavy atom. The van der Waals surface area contributed by atoms with Gasteiger partial charge >= 0.3 is 0 Å². The zero-order valence-corrected chi connectivity index (χ0v) is 16.5. The Bertz CT molecular complexity index is 1060. The van der Waals surface area contributed by atoms with Crippen molar-refractivity contribution in [2.45, 2.75) is 12.1 Å². The maximum Gasteiger partial charge on any atom is 0.269 e. The van der Waals surface area contributed by atoms with Gasteiger partial charge in [-0.1, -0.05) is 11.8 Å². The minimum Gasteiger partial charge on any atom is -0.326 e. The van der Waals surface area contributed by atoms with Crippen molar-refractivity contribution in [1.82, 2.24) is 14.8 Å². The van der Waals surface area contributed by atoms with Gasteiger partial charge < -0.3 is 9.88 Å². The first kappa shape index (κ1) is 20.2. The highest BCUT2D eigenvalue weighted by Crippen LogP contribution is 2.24. The van der Waals surface area contributed by atoms with Gasteiger partial charge in [0.15, 0.2) is 16.8 Å². The zero-order valence-electron chi connectivity index (χ0n) is 15.7. The van der Waals surface area contributed by atoms with Crippen LogP contribution in [0.3, 0.4) is 0 Å². The molecule has 0 aliphatic rings. The molecule has 0 spiro atoms. The molecule has 3 aromatic rings. The largest absolute Gasteiger partial charge is 0.326 e. The lowest BCUT2D eigenvalue weighted by molar-refractivity contribution is -0.384. The summed E-state index contributed by atoms with van der Waals surface area (Å²) < 4.78 is 1.78. The van der Waals surface area contributed by atoms with Gasteiger partial charge in [0.05, 0.1) is 10.7 Å². The summed E-state index contributed by atoms with van der Waals surface area (Å²) in [5.74, 6) is 0.456. The average molecular weight is 411 g/mol. The number of carbonyl (C=O) groups is 2. The van der Waals surface area contributed by atoms with E-state index in [0.717, 1.165) is 5.56 Å². The number of ketones is 1.